The minimum atomic E-state index is -4.52. The van der Waals surface area contributed by atoms with E-state index in [1.807, 2.05) is 32.0 Å². The van der Waals surface area contributed by atoms with Gasteiger partial charge in [0.25, 0.3) is 0 Å². The van der Waals surface area contributed by atoms with Crippen LogP contribution in [0.15, 0.2) is 47.9 Å². The molecule has 4 rings (SSSR count). The van der Waals surface area contributed by atoms with Crippen LogP contribution < -0.4 is 0 Å². The first kappa shape index (κ1) is 21.9. The van der Waals surface area contributed by atoms with Crippen LogP contribution in [-0.4, -0.2) is 38.6 Å². The van der Waals surface area contributed by atoms with Crippen LogP contribution in [-0.2, 0) is 12.8 Å². The van der Waals surface area contributed by atoms with Crippen LogP contribution in [0.1, 0.15) is 59.6 Å². The van der Waals surface area contributed by atoms with E-state index in [4.69, 9.17) is 0 Å². The lowest BCUT2D eigenvalue weighted by Gasteiger charge is -2.11. The molecule has 32 heavy (non-hydrogen) atoms. The lowest BCUT2D eigenvalue weighted by molar-refractivity contribution is -0.0571. The van der Waals surface area contributed by atoms with E-state index in [0.717, 1.165) is 29.5 Å². The molecular weight excluding hydrogens is 417 g/mol. The molecular formula is C24H23F3N4O. The van der Waals surface area contributed by atoms with Gasteiger partial charge < -0.3 is 0 Å². The fraction of sp³-hybridized carbons (Fsp3) is 0.333. The molecule has 1 aliphatic rings. The van der Waals surface area contributed by atoms with Gasteiger partial charge in [-0.3, -0.25) is 19.2 Å². The van der Waals surface area contributed by atoms with E-state index < -0.39 is 11.9 Å². The van der Waals surface area contributed by atoms with Crippen molar-refractivity contribution in [2.75, 3.05) is 6.54 Å². The van der Waals surface area contributed by atoms with Crippen molar-refractivity contribution in [1.29, 1.82) is 0 Å². The summed E-state index contributed by atoms with van der Waals surface area (Å²) in [7, 11) is 0. The summed E-state index contributed by atoms with van der Waals surface area (Å²) in [6.45, 7) is 3.99. The minimum Gasteiger partial charge on any atom is -0.297 e. The fourth-order valence-electron chi connectivity index (χ4n) is 4.05. The highest BCUT2D eigenvalue weighted by atomic mass is 19.4. The normalized spacial score (nSPS) is 14.0. The zero-order valence-electron chi connectivity index (χ0n) is 17.9. The van der Waals surface area contributed by atoms with Gasteiger partial charge in [0.1, 0.15) is 5.71 Å². The second-order valence-corrected chi connectivity index (χ2v) is 7.71. The molecule has 0 bridgehead atoms. The molecule has 0 unspecified atom stereocenters. The van der Waals surface area contributed by atoms with Gasteiger partial charge >= 0.3 is 6.18 Å². The third-order valence-electron chi connectivity index (χ3n) is 5.55. The number of ketones is 1. The maximum atomic E-state index is 13.3. The van der Waals surface area contributed by atoms with Crippen LogP contribution in [0.5, 0.6) is 0 Å². The molecule has 2 aromatic heterocycles. The Morgan fingerprint density at radius 3 is 2.72 bits per heavy atom. The maximum Gasteiger partial charge on any atom is 0.433 e. The number of halogens is 3. The number of rotatable bonds is 7. The number of hydrogen-bond acceptors (Lipinski definition) is 4. The van der Waals surface area contributed by atoms with Crippen molar-refractivity contribution in [3.63, 3.8) is 0 Å². The van der Waals surface area contributed by atoms with Crippen LogP contribution in [0.3, 0.4) is 0 Å². The number of imidazole rings is 1. The van der Waals surface area contributed by atoms with Crippen molar-refractivity contribution in [2.45, 2.75) is 45.7 Å². The maximum absolute atomic E-state index is 13.3. The topological polar surface area (TPSA) is 59.6 Å². The van der Waals surface area contributed by atoms with Crippen molar-refractivity contribution in [3.8, 4) is 0 Å². The number of hydrogen-bond donors (Lipinski definition) is 0. The van der Waals surface area contributed by atoms with E-state index in [9.17, 15) is 18.0 Å². The first-order chi connectivity index (χ1) is 15.3. The van der Waals surface area contributed by atoms with Gasteiger partial charge in [-0.05, 0) is 24.0 Å². The Hall–Kier alpha value is -3.29. The summed E-state index contributed by atoms with van der Waals surface area (Å²) in [5.41, 5.74) is 3.36. The Kier molecular flexibility index (Phi) is 5.95. The van der Waals surface area contributed by atoms with Crippen LogP contribution >= 0.6 is 0 Å². The Morgan fingerprint density at radius 1 is 1.19 bits per heavy atom. The highest BCUT2D eigenvalue weighted by Gasteiger charge is 2.40. The van der Waals surface area contributed by atoms with E-state index in [-0.39, 0.29) is 17.9 Å². The molecule has 0 radical (unpaired) electrons. The number of carbonyl (C=O) groups excluding carboxylic acids is 1. The molecule has 0 spiro atoms. The van der Waals surface area contributed by atoms with Crippen molar-refractivity contribution >= 4 is 22.7 Å². The molecule has 0 saturated carbocycles. The first-order valence-electron chi connectivity index (χ1n) is 10.6. The number of aryl methyl sites for hydroxylation is 1. The molecule has 166 valence electrons. The molecule has 3 aromatic rings. The molecule has 0 amide bonds. The number of fused-ring (bicyclic) bond motifs is 1. The number of Topliss-reactive ketones (excluding diaryl/α,β-unsaturated/α-hetero) is 1. The number of nitrogens with zero attached hydrogens (tertiary/aromatic N) is 4. The number of aliphatic imine (C=N–C) groups is 1. The van der Waals surface area contributed by atoms with Crippen LogP contribution in [0.25, 0.3) is 11.2 Å². The molecule has 3 heterocycles. The monoisotopic (exact) mass is 440 g/mol. The van der Waals surface area contributed by atoms with Crippen LogP contribution in [0, 0.1) is 0 Å². The number of allylic oxidation sites excluding steroid dienone is 1. The summed E-state index contributed by atoms with van der Waals surface area (Å²) < 4.78 is 41.6. The predicted octanol–water partition coefficient (Wildman–Crippen LogP) is 5.27. The molecule has 8 heteroatoms. The summed E-state index contributed by atoms with van der Waals surface area (Å²) in [4.78, 5) is 24.8. The van der Waals surface area contributed by atoms with Gasteiger partial charge in [0.15, 0.2) is 11.4 Å². The summed E-state index contributed by atoms with van der Waals surface area (Å²) in [5, 5.41) is 0. The van der Waals surface area contributed by atoms with E-state index >= 15 is 0 Å². The lowest BCUT2D eigenvalue weighted by Crippen LogP contribution is -2.23. The van der Waals surface area contributed by atoms with Gasteiger partial charge in [0.05, 0.1) is 24.1 Å². The summed E-state index contributed by atoms with van der Waals surface area (Å²) in [5.74, 6) is 0.140. The molecule has 0 fully saturated rings. The van der Waals surface area contributed by atoms with E-state index in [2.05, 4.69) is 15.0 Å². The smallest absolute Gasteiger partial charge is 0.297 e. The SMILES string of the molecule is CCCC(=O)c1ccc(Cc2nccn3c(C4=CCN=C4C(F)(F)F)cnc23)cc1CC. The highest BCUT2D eigenvalue weighted by Crippen LogP contribution is 2.32. The quantitative estimate of drug-likeness (QED) is 0.471. The first-order valence-corrected chi connectivity index (χ1v) is 10.6. The molecule has 5 nitrogen and oxygen atoms in total. The Bertz CT molecular complexity index is 1240. The molecule has 0 atom stereocenters. The van der Waals surface area contributed by atoms with Gasteiger partial charge in [-0.25, -0.2) is 4.98 Å². The zero-order valence-corrected chi connectivity index (χ0v) is 17.9. The Morgan fingerprint density at radius 2 is 2.00 bits per heavy atom. The molecule has 1 aromatic carbocycles. The zero-order chi connectivity index (χ0) is 22.9. The van der Waals surface area contributed by atoms with Crippen molar-refractivity contribution in [1.82, 2.24) is 14.4 Å². The van der Waals surface area contributed by atoms with E-state index in [0.29, 0.717) is 29.9 Å². The molecule has 0 saturated heterocycles. The van der Waals surface area contributed by atoms with Gasteiger partial charge in [0, 0.05) is 36.4 Å². The lowest BCUT2D eigenvalue weighted by atomic mass is 9.95. The Labute approximate surface area is 183 Å². The second kappa shape index (κ2) is 8.68. The van der Waals surface area contributed by atoms with Gasteiger partial charge in [0.2, 0.25) is 0 Å². The number of alkyl halides is 3. The van der Waals surface area contributed by atoms with Crippen molar-refractivity contribution in [2.24, 2.45) is 4.99 Å². The molecule has 1 aliphatic heterocycles. The van der Waals surface area contributed by atoms with Crippen molar-refractivity contribution < 1.29 is 18.0 Å². The van der Waals surface area contributed by atoms with Crippen molar-refractivity contribution in [3.05, 3.63) is 70.9 Å². The second-order valence-electron chi connectivity index (χ2n) is 7.71. The minimum absolute atomic E-state index is 0.00174. The van der Waals surface area contributed by atoms with Crippen LogP contribution in [0.2, 0.25) is 0 Å². The van der Waals surface area contributed by atoms with Gasteiger partial charge in [-0.2, -0.15) is 13.2 Å². The largest absolute Gasteiger partial charge is 0.433 e. The Balaban J connectivity index is 1.68. The summed E-state index contributed by atoms with van der Waals surface area (Å²) in [6.07, 6.45) is 4.06. The van der Waals surface area contributed by atoms with E-state index in [1.165, 1.54) is 12.3 Å². The van der Waals surface area contributed by atoms with Gasteiger partial charge in [-0.15, -0.1) is 0 Å². The van der Waals surface area contributed by atoms with Crippen LogP contribution in [0.4, 0.5) is 13.2 Å². The summed E-state index contributed by atoms with van der Waals surface area (Å²) in [6, 6.07) is 5.77. The highest BCUT2D eigenvalue weighted by molar-refractivity contribution is 6.27. The third-order valence-corrected chi connectivity index (χ3v) is 5.55. The molecule has 0 N–H and O–H groups in total. The molecule has 0 aliphatic carbocycles. The third kappa shape index (κ3) is 4.09. The van der Waals surface area contributed by atoms with E-state index in [1.54, 1.807) is 16.8 Å². The predicted molar refractivity (Wildman–Crippen MR) is 117 cm³/mol. The fourth-order valence-corrected chi connectivity index (χ4v) is 4.05. The van der Waals surface area contributed by atoms with Gasteiger partial charge in [-0.1, -0.05) is 38.1 Å². The number of aromatic nitrogens is 3. The number of carbonyl (C=O) groups is 1. The number of benzene rings is 1. The average molecular weight is 440 g/mol. The standard InChI is InChI=1S/C24H23F3N4O/c1-3-5-21(32)17-7-6-15(12-16(17)4-2)13-19-23-30-14-20(31(23)11-10-28-19)18-8-9-29-22(18)24(25,26)27/h6-8,10-12,14H,3-5,9,13H2,1-2H3. The summed E-state index contributed by atoms with van der Waals surface area (Å²) >= 11 is 0. The average Bonchev–Trinajstić information content (AvgIpc) is 3.41.